The molecule has 21 heavy (non-hydrogen) atoms. The Kier molecular flexibility index (Phi) is 6.21. The SMILES string of the molecule is CCC(N)Cc1cc(OCCc2ccccn2)ccc1Br. The maximum absolute atomic E-state index is 6.03. The normalized spacial score (nSPS) is 12.1. The van der Waals surface area contributed by atoms with E-state index in [1.54, 1.807) is 6.20 Å². The molecule has 2 rings (SSSR count). The van der Waals surface area contributed by atoms with Crippen molar-refractivity contribution >= 4 is 15.9 Å². The van der Waals surface area contributed by atoms with Gasteiger partial charge in [0.25, 0.3) is 0 Å². The summed E-state index contributed by atoms with van der Waals surface area (Å²) in [6.45, 7) is 2.73. The van der Waals surface area contributed by atoms with E-state index in [9.17, 15) is 0 Å². The van der Waals surface area contributed by atoms with Crippen LogP contribution in [-0.2, 0) is 12.8 Å². The Morgan fingerprint density at radius 1 is 1.29 bits per heavy atom. The van der Waals surface area contributed by atoms with E-state index < -0.39 is 0 Å². The van der Waals surface area contributed by atoms with Crippen molar-refractivity contribution in [2.24, 2.45) is 5.73 Å². The minimum absolute atomic E-state index is 0.185. The van der Waals surface area contributed by atoms with Crippen molar-refractivity contribution in [3.63, 3.8) is 0 Å². The maximum Gasteiger partial charge on any atom is 0.119 e. The highest BCUT2D eigenvalue weighted by Gasteiger charge is 2.07. The molecule has 1 aromatic heterocycles. The standard InChI is InChI=1S/C17H21BrN2O/c1-2-14(19)11-13-12-16(6-7-17(13)18)21-10-8-15-5-3-4-9-20-15/h3-7,9,12,14H,2,8,10-11,19H2,1H3. The number of nitrogens with zero attached hydrogens (tertiary/aromatic N) is 1. The monoisotopic (exact) mass is 348 g/mol. The number of hydrogen-bond acceptors (Lipinski definition) is 3. The van der Waals surface area contributed by atoms with Crippen LogP contribution in [0.15, 0.2) is 47.1 Å². The van der Waals surface area contributed by atoms with Gasteiger partial charge in [-0.3, -0.25) is 4.98 Å². The Labute approximate surface area is 134 Å². The quantitative estimate of drug-likeness (QED) is 0.828. The van der Waals surface area contributed by atoms with Crippen molar-refractivity contribution < 1.29 is 4.74 Å². The van der Waals surface area contributed by atoms with Gasteiger partial charge in [0, 0.05) is 28.8 Å². The van der Waals surface area contributed by atoms with Crippen LogP contribution < -0.4 is 10.5 Å². The molecule has 0 bridgehead atoms. The predicted octanol–water partition coefficient (Wildman–Crippen LogP) is 3.75. The summed E-state index contributed by atoms with van der Waals surface area (Å²) in [7, 11) is 0. The lowest BCUT2D eigenvalue weighted by Crippen LogP contribution is -2.21. The fourth-order valence-electron chi connectivity index (χ4n) is 2.04. The molecule has 0 saturated carbocycles. The van der Waals surface area contributed by atoms with Crippen LogP contribution in [0.4, 0.5) is 0 Å². The van der Waals surface area contributed by atoms with E-state index in [0.717, 1.165) is 35.2 Å². The largest absolute Gasteiger partial charge is 0.493 e. The molecule has 0 fully saturated rings. The van der Waals surface area contributed by atoms with Crippen LogP contribution in [-0.4, -0.2) is 17.6 Å². The average Bonchev–Trinajstić information content (AvgIpc) is 2.51. The van der Waals surface area contributed by atoms with Crippen LogP contribution >= 0.6 is 15.9 Å². The van der Waals surface area contributed by atoms with Crippen molar-refractivity contribution in [2.45, 2.75) is 32.2 Å². The number of hydrogen-bond donors (Lipinski definition) is 1. The van der Waals surface area contributed by atoms with Gasteiger partial charge in [-0.2, -0.15) is 0 Å². The molecule has 0 aliphatic carbocycles. The molecular formula is C17H21BrN2O. The van der Waals surface area contributed by atoms with Crippen molar-refractivity contribution in [3.05, 3.63) is 58.3 Å². The van der Waals surface area contributed by atoms with Crippen molar-refractivity contribution in [1.82, 2.24) is 4.98 Å². The van der Waals surface area contributed by atoms with E-state index >= 15 is 0 Å². The summed E-state index contributed by atoms with van der Waals surface area (Å²) < 4.78 is 6.91. The summed E-state index contributed by atoms with van der Waals surface area (Å²) in [5, 5.41) is 0. The molecule has 1 heterocycles. The van der Waals surface area contributed by atoms with E-state index in [1.807, 2.05) is 30.3 Å². The number of pyridine rings is 1. The fraction of sp³-hybridized carbons (Fsp3) is 0.353. The van der Waals surface area contributed by atoms with Gasteiger partial charge in [-0.15, -0.1) is 0 Å². The molecule has 0 amide bonds. The van der Waals surface area contributed by atoms with Gasteiger partial charge in [0.1, 0.15) is 5.75 Å². The van der Waals surface area contributed by atoms with Crippen LogP contribution in [0.5, 0.6) is 5.75 Å². The van der Waals surface area contributed by atoms with Gasteiger partial charge in [0.05, 0.1) is 6.61 Å². The summed E-state index contributed by atoms with van der Waals surface area (Å²) in [6.07, 6.45) is 4.44. The molecule has 1 unspecified atom stereocenters. The zero-order valence-corrected chi connectivity index (χ0v) is 13.8. The van der Waals surface area contributed by atoms with E-state index in [-0.39, 0.29) is 6.04 Å². The molecule has 4 heteroatoms. The molecule has 1 aromatic carbocycles. The number of nitrogens with two attached hydrogens (primary N) is 1. The van der Waals surface area contributed by atoms with Crippen molar-refractivity contribution in [1.29, 1.82) is 0 Å². The van der Waals surface area contributed by atoms with Gasteiger partial charge < -0.3 is 10.5 Å². The first-order chi connectivity index (χ1) is 10.2. The first-order valence-corrected chi connectivity index (χ1v) is 8.05. The summed E-state index contributed by atoms with van der Waals surface area (Å²) in [5.41, 5.74) is 8.27. The second-order valence-corrected chi connectivity index (χ2v) is 5.90. The van der Waals surface area contributed by atoms with Gasteiger partial charge in [-0.25, -0.2) is 0 Å². The molecule has 0 saturated heterocycles. The fourth-order valence-corrected chi connectivity index (χ4v) is 2.45. The van der Waals surface area contributed by atoms with Crippen LogP contribution in [0.2, 0.25) is 0 Å². The predicted molar refractivity (Wildman–Crippen MR) is 89.5 cm³/mol. The van der Waals surface area contributed by atoms with Crippen molar-refractivity contribution in [2.75, 3.05) is 6.61 Å². The van der Waals surface area contributed by atoms with Crippen LogP contribution in [0.3, 0.4) is 0 Å². The summed E-state index contributed by atoms with van der Waals surface area (Å²) >= 11 is 3.57. The van der Waals surface area contributed by atoms with Crippen molar-refractivity contribution in [3.8, 4) is 5.75 Å². The van der Waals surface area contributed by atoms with Gasteiger partial charge >= 0.3 is 0 Å². The lowest BCUT2D eigenvalue weighted by molar-refractivity contribution is 0.320. The number of aromatic nitrogens is 1. The molecule has 0 aliphatic rings. The molecule has 0 spiro atoms. The molecule has 0 radical (unpaired) electrons. The van der Waals surface area contributed by atoms with Gasteiger partial charge in [0.15, 0.2) is 0 Å². The first kappa shape index (κ1) is 16.0. The Morgan fingerprint density at radius 2 is 2.14 bits per heavy atom. The highest BCUT2D eigenvalue weighted by atomic mass is 79.9. The molecule has 1 atom stereocenters. The number of halogens is 1. The molecule has 112 valence electrons. The highest BCUT2D eigenvalue weighted by Crippen LogP contribution is 2.24. The Hall–Kier alpha value is -1.39. The minimum atomic E-state index is 0.185. The lowest BCUT2D eigenvalue weighted by Gasteiger charge is -2.13. The average molecular weight is 349 g/mol. The third-order valence-electron chi connectivity index (χ3n) is 3.38. The van der Waals surface area contributed by atoms with Crippen LogP contribution in [0, 0.1) is 0 Å². The van der Waals surface area contributed by atoms with Crippen LogP contribution in [0.25, 0.3) is 0 Å². The Bertz CT molecular complexity index is 560. The zero-order chi connectivity index (χ0) is 15.1. The first-order valence-electron chi connectivity index (χ1n) is 7.25. The number of rotatable bonds is 7. The van der Waals surface area contributed by atoms with E-state index in [1.165, 1.54) is 5.56 Å². The van der Waals surface area contributed by atoms with Gasteiger partial charge in [-0.1, -0.05) is 28.9 Å². The molecule has 2 N–H and O–H groups in total. The summed E-state index contributed by atoms with van der Waals surface area (Å²) in [5.74, 6) is 0.882. The van der Waals surface area contributed by atoms with E-state index in [0.29, 0.717) is 6.61 Å². The van der Waals surface area contributed by atoms with Gasteiger partial charge in [-0.05, 0) is 48.7 Å². The smallest absolute Gasteiger partial charge is 0.119 e. The third-order valence-corrected chi connectivity index (χ3v) is 4.15. The molecule has 0 aliphatic heterocycles. The minimum Gasteiger partial charge on any atom is -0.493 e. The molecule has 2 aromatic rings. The van der Waals surface area contributed by atoms with E-state index in [4.69, 9.17) is 10.5 Å². The lowest BCUT2D eigenvalue weighted by atomic mass is 10.0. The summed E-state index contributed by atoms with van der Waals surface area (Å²) in [6, 6.07) is 12.2. The topological polar surface area (TPSA) is 48.1 Å². The zero-order valence-electron chi connectivity index (χ0n) is 12.3. The van der Waals surface area contributed by atoms with Crippen LogP contribution in [0.1, 0.15) is 24.6 Å². The Morgan fingerprint density at radius 3 is 2.86 bits per heavy atom. The highest BCUT2D eigenvalue weighted by molar-refractivity contribution is 9.10. The third kappa shape index (κ3) is 5.14. The van der Waals surface area contributed by atoms with E-state index in [2.05, 4.69) is 33.9 Å². The summed E-state index contributed by atoms with van der Waals surface area (Å²) in [4.78, 5) is 4.29. The molecule has 3 nitrogen and oxygen atoms in total. The Balaban J connectivity index is 1.92. The maximum atomic E-state index is 6.03. The number of benzene rings is 1. The second-order valence-electron chi connectivity index (χ2n) is 5.05. The number of ether oxygens (including phenoxy) is 1. The second kappa shape index (κ2) is 8.15. The molecular weight excluding hydrogens is 328 g/mol. The van der Waals surface area contributed by atoms with Gasteiger partial charge in [0.2, 0.25) is 0 Å².